The fourth-order valence-corrected chi connectivity index (χ4v) is 4.13. The van der Waals surface area contributed by atoms with Gasteiger partial charge in [0.15, 0.2) is 0 Å². The molecule has 0 aromatic heterocycles. The van der Waals surface area contributed by atoms with Crippen LogP contribution in [0.2, 0.25) is 0 Å². The Labute approximate surface area is 99.0 Å². The van der Waals surface area contributed by atoms with Gasteiger partial charge in [0.05, 0.1) is 5.75 Å². The minimum atomic E-state index is -3.20. The number of sulfonamides is 1. The van der Waals surface area contributed by atoms with Crippen LogP contribution >= 0.6 is 0 Å². The van der Waals surface area contributed by atoms with E-state index in [-0.39, 0.29) is 23.3 Å². The molecule has 2 atom stereocenters. The van der Waals surface area contributed by atoms with Crippen molar-refractivity contribution in [3.05, 3.63) is 0 Å². The van der Waals surface area contributed by atoms with Gasteiger partial charge < -0.3 is 5.73 Å². The van der Waals surface area contributed by atoms with E-state index in [1.54, 1.807) is 0 Å². The van der Waals surface area contributed by atoms with Crippen LogP contribution in [0.15, 0.2) is 0 Å². The summed E-state index contributed by atoms with van der Waals surface area (Å²) in [5.41, 5.74) is 5.71. The zero-order valence-electron chi connectivity index (χ0n) is 10.5. The Morgan fingerprint density at radius 2 is 1.81 bits per heavy atom. The Hall–Kier alpha value is -0.130. The predicted molar refractivity (Wildman–Crippen MR) is 66.6 cm³/mol. The molecule has 4 nitrogen and oxygen atoms in total. The molecule has 0 aromatic carbocycles. The van der Waals surface area contributed by atoms with E-state index >= 15 is 0 Å². The highest BCUT2D eigenvalue weighted by Gasteiger charge is 2.28. The van der Waals surface area contributed by atoms with Crippen LogP contribution in [0.1, 0.15) is 46.5 Å². The SMILES string of the molecule is CC(C)(C)CS(=O)(=O)NC1CCCCC1N. The third kappa shape index (κ3) is 4.80. The molecule has 1 saturated carbocycles. The maximum absolute atomic E-state index is 11.9. The Morgan fingerprint density at radius 3 is 2.31 bits per heavy atom. The number of hydrogen-bond donors (Lipinski definition) is 2. The largest absolute Gasteiger partial charge is 0.326 e. The lowest BCUT2D eigenvalue weighted by Gasteiger charge is -2.30. The van der Waals surface area contributed by atoms with Crippen molar-refractivity contribution in [1.82, 2.24) is 4.72 Å². The highest BCUT2D eigenvalue weighted by molar-refractivity contribution is 7.89. The highest BCUT2D eigenvalue weighted by atomic mass is 32.2. The normalized spacial score (nSPS) is 28.0. The molecular weight excluding hydrogens is 224 g/mol. The standard InChI is InChI=1S/C11H24N2O2S/c1-11(2,3)8-16(14,15)13-10-7-5-4-6-9(10)12/h9-10,13H,4-8,12H2,1-3H3. The molecule has 0 aromatic rings. The van der Waals surface area contributed by atoms with Crippen LogP contribution < -0.4 is 10.5 Å². The minimum Gasteiger partial charge on any atom is -0.326 e. The van der Waals surface area contributed by atoms with Crippen molar-refractivity contribution in [2.24, 2.45) is 11.1 Å². The topological polar surface area (TPSA) is 72.2 Å². The monoisotopic (exact) mass is 248 g/mol. The van der Waals surface area contributed by atoms with E-state index in [9.17, 15) is 8.42 Å². The van der Waals surface area contributed by atoms with E-state index in [0.717, 1.165) is 25.7 Å². The smallest absolute Gasteiger partial charge is 0.212 e. The quantitative estimate of drug-likeness (QED) is 0.789. The van der Waals surface area contributed by atoms with E-state index in [0.29, 0.717) is 0 Å². The lowest BCUT2D eigenvalue weighted by molar-refractivity contribution is 0.358. The third-order valence-corrected chi connectivity index (χ3v) is 4.68. The second-order valence-electron chi connectivity index (χ2n) is 5.99. The van der Waals surface area contributed by atoms with Crippen LogP contribution in [0.5, 0.6) is 0 Å². The lowest BCUT2D eigenvalue weighted by Crippen LogP contribution is -2.50. The maximum atomic E-state index is 11.9. The Morgan fingerprint density at radius 1 is 1.25 bits per heavy atom. The van der Waals surface area contributed by atoms with Gasteiger partial charge in [0.25, 0.3) is 0 Å². The van der Waals surface area contributed by atoms with Crippen LogP contribution in [0.25, 0.3) is 0 Å². The van der Waals surface area contributed by atoms with Crippen molar-refractivity contribution in [2.45, 2.75) is 58.5 Å². The van der Waals surface area contributed by atoms with Crippen molar-refractivity contribution < 1.29 is 8.42 Å². The van der Waals surface area contributed by atoms with Crippen molar-refractivity contribution >= 4 is 10.0 Å². The van der Waals surface area contributed by atoms with Crippen LogP contribution in [-0.4, -0.2) is 26.3 Å². The molecule has 0 bridgehead atoms. The summed E-state index contributed by atoms with van der Waals surface area (Å²) in [7, 11) is -3.20. The molecule has 3 N–H and O–H groups in total. The van der Waals surface area contributed by atoms with Crippen LogP contribution in [-0.2, 0) is 10.0 Å². The summed E-state index contributed by atoms with van der Waals surface area (Å²) in [6, 6.07) is -0.0930. The molecular formula is C11H24N2O2S. The molecule has 96 valence electrons. The number of hydrogen-bond acceptors (Lipinski definition) is 3. The molecule has 0 radical (unpaired) electrons. The zero-order valence-corrected chi connectivity index (χ0v) is 11.3. The third-order valence-electron chi connectivity index (χ3n) is 2.77. The summed E-state index contributed by atoms with van der Waals surface area (Å²) >= 11 is 0. The minimum absolute atomic E-state index is 0.0245. The molecule has 0 aliphatic heterocycles. The summed E-state index contributed by atoms with van der Waals surface area (Å²) in [5, 5.41) is 0. The fraction of sp³-hybridized carbons (Fsp3) is 1.00. The first kappa shape index (κ1) is 13.9. The van der Waals surface area contributed by atoms with Crippen molar-refractivity contribution in [2.75, 3.05) is 5.75 Å². The second kappa shape index (κ2) is 5.02. The van der Waals surface area contributed by atoms with Crippen LogP contribution in [0.3, 0.4) is 0 Å². The summed E-state index contributed by atoms with van der Waals surface area (Å²) in [4.78, 5) is 0. The van der Waals surface area contributed by atoms with Crippen molar-refractivity contribution in [1.29, 1.82) is 0 Å². The van der Waals surface area contributed by atoms with Gasteiger partial charge in [-0.05, 0) is 18.3 Å². The first-order chi connectivity index (χ1) is 7.20. The first-order valence-electron chi connectivity index (χ1n) is 5.95. The van der Waals surface area contributed by atoms with Gasteiger partial charge in [0.1, 0.15) is 0 Å². The molecule has 1 aliphatic carbocycles. The van der Waals surface area contributed by atoms with Gasteiger partial charge in [0, 0.05) is 12.1 Å². The second-order valence-corrected chi connectivity index (χ2v) is 7.75. The van der Waals surface area contributed by atoms with Gasteiger partial charge >= 0.3 is 0 Å². The van der Waals surface area contributed by atoms with E-state index in [1.807, 2.05) is 20.8 Å². The average molecular weight is 248 g/mol. The van der Waals surface area contributed by atoms with Crippen molar-refractivity contribution in [3.8, 4) is 0 Å². The molecule has 2 unspecified atom stereocenters. The van der Waals surface area contributed by atoms with Crippen LogP contribution in [0.4, 0.5) is 0 Å². The zero-order chi connectivity index (χ0) is 12.4. The van der Waals surface area contributed by atoms with Crippen LogP contribution in [0, 0.1) is 5.41 Å². The Kier molecular flexibility index (Phi) is 4.37. The summed E-state index contributed by atoms with van der Waals surface area (Å²) in [6.45, 7) is 5.77. The number of nitrogens with one attached hydrogen (secondary N) is 1. The Bertz CT molecular complexity index is 319. The molecule has 0 saturated heterocycles. The molecule has 1 rings (SSSR count). The highest BCUT2D eigenvalue weighted by Crippen LogP contribution is 2.20. The summed E-state index contributed by atoms with van der Waals surface area (Å²) < 4.78 is 26.5. The summed E-state index contributed by atoms with van der Waals surface area (Å²) in [5.74, 6) is 0.156. The Balaban J connectivity index is 2.58. The molecule has 5 heteroatoms. The van der Waals surface area contributed by atoms with Crippen molar-refractivity contribution in [3.63, 3.8) is 0 Å². The van der Waals surface area contributed by atoms with E-state index in [1.165, 1.54) is 0 Å². The molecule has 1 fully saturated rings. The van der Waals surface area contributed by atoms with Gasteiger partial charge in [-0.3, -0.25) is 0 Å². The lowest BCUT2D eigenvalue weighted by atomic mass is 9.92. The number of rotatable bonds is 3. The predicted octanol–water partition coefficient (Wildman–Crippen LogP) is 1.22. The molecule has 0 heterocycles. The molecule has 1 aliphatic rings. The fourth-order valence-electron chi connectivity index (χ4n) is 2.15. The maximum Gasteiger partial charge on any atom is 0.212 e. The van der Waals surface area contributed by atoms with Gasteiger partial charge in [-0.2, -0.15) is 0 Å². The van der Waals surface area contributed by atoms with Gasteiger partial charge in [0.2, 0.25) is 10.0 Å². The van der Waals surface area contributed by atoms with Gasteiger partial charge in [-0.25, -0.2) is 13.1 Å². The average Bonchev–Trinajstić information content (AvgIpc) is 2.04. The molecule has 16 heavy (non-hydrogen) atoms. The van der Waals surface area contributed by atoms with Gasteiger partial charge in [-0.1, -0.05) is 33.6 Å². The summed E-state index contributed by atoms with van der Waals surface area (Å²) in [6.07, 6.45) is 3.96. The molecule has 0 spiro atoms. The number of nitrogens with two attached hydrogens (primary N) is 1. The van der Waals surface area contributed by atoms with E-state index in [4.69, 9.17) is 5.73 Å². The van der Waals surface area contributed by atoms with E-state index < -0.39 is 10.0 Å². The van der Waals surface area contributed by atoms with E-state index in [2.05, 4.69) is 4.72 Å². The van der Waals surface area contributed by atoms with Gasteiger partial charge in [-0.15, -0.1) is 0 Å². The molecule has 0 amide bonds. The first-order valence-corrected chi connectivity index (χ1v) is 7.60.